The molecule has 0 bridgehead atoms. The monoisotopic (exact) mass is 457 g/mol. The second kappa shape index (κ2) is 10.6. The first-order valence-electron chi connectivity index (χ1n) is 11.1. The number of fused-ring (bicyclic) bond motifs is 1. The number of ether oxygens (including phenoxy) is 2. The van der Waals surface area contributed by atoms with Crippen molar-refractivity contribution in [2.45, 2.75) is 19.9 Å². The van der Waals surface area contributed by atoms with Gasteiger partial charge in [-0.3, -0.25) is 9.59 Å². The Hall–Kier alpha value is -4.26. The minimum atomic E-state index is -0.329. The van der Waals surface area contributed by atoms with Crippen molar-refractivity contribution in [2.24, 2.45) is 0 Å². The number of hydrogen-bond donors (Lipinski definition) is 3. The number of methoxy groups -OCH3 is 1. The summed E-state index contributed by atoms with van der Waals surface area (Å²) in [5, 5.41) is 6.52. The number of carbonyl (C=O) groups excluding carboxylic acids is 2. The van der Waals surface area contributed by atoms with E-state index in [1.54, 1.807) is 43.5 Å². The summed E-state index contributed by atoms with van der Waals surface area (Å²) >= 11 is 0. The molecule has 0 unspecified atom stereocenters. The molecule has 174 valence electrons. The van der Waals surface area contributed by atoms with E-state index in [4.69, 9.17) is 9.47 Å². The van der Waals surface area contributed by atoms with Gasteiger partial charge in [0.2, 0.25) is 0 Å². The van der Waals surface area contributed by atoms with Crippen molar-refractivity contribution in [1.82, 2.24) is 10.3 Å². The smallest absolute Gasteiger partial charge is 0.270 e. The highest BCUT2D eigenvalue weighted by atomic mass is 16.5. The lowest BCUT2D eigenvalue weighted by molar-refractivity contribution is 0.0947. The fraction of sp³-hybridized carbons (Fsp3) is 0.185. The van der Waals surface area contributed by atoms with Crippen molar-refractivity contribution in [1.29, 1.82) is 0 Å². The third-order valence-corrected chi connectivity index (χ3v) is 5.36. The third kappa shape index (κ3) is 5.20. The van der Waals surface area contributed by atoms with Crippen molar-refractivity contribution < 1.29 is 19.1 Å². The molecule has 4 rings (SSSR count). The minimum absolute atomic E-state index is 0.274. The van der Waals surface area contributed by atoms with Gasteiger partial charge in [-0.15, -0.1) is 0 Å². The molecule has 1 aromatic heterocycles. The number of hydrogen-bond acceptors (Lipinski definition) is 4. The highest BCUT2D eigenvalue weighted by Gasteiger charge is 2.21. The maximum absolute atomic E-state index is 13.1. The van der Waals surface area contributed by atoms with E-state index in [9.17, 15) is 9.59 Å². The number of H-pyrrole nitrogens is 1. The molecule has 0 aliphatic carbocycles. The largest absolute Gasteiger partial charge is 0.497 e. The van der Waals surface area contributed by atoms with E-state index >= 15 is 0 Å². The molecule has 0 saturated carbocycles. The summed E-state index contributed by atoms with van der Waals surface area (Å²) in [5.41, 5.74) is 2.83. The number of benzene rings is 3. The molecule has 34 heavy (non-hydrogen) atoms. The summed E-state index contributed by atoms with van der Waals surface area (Å²) in [6.07, 6.45) is 0.942. The molecule has 7 heteroatoms. The Bertz CT molecular complexity index is 1280. The molecule has 0 saturated heterocycles. The van der Waals surface area contributed by atoms with Crippen LogP contribution in [-0.4, -0.2) is 30.5 Å². The number of aromatic amines is 1. The maximum atomic E-state index is 13.1. The Kier molecular flexibility index (Phi) is 7.13. The van der Waals surface area contributed by atoms with Crippen molar-refractivity contribution in [3.63, 3.8) is 0 Å². The Morgan fingerprint density at radius 3 is 2.35 bits per heavy atom. The fourth-order valence-electron chi connectivity index (χ4n) is 3.57. The Balaban J connectivity index is 1.57. The molecule has 0 radical (unpaired) electrons. The van der Waals surface area contributed by atoms with Crippen LogP contribution < -0.4 is 20.1 Å². The highest BCUT2D eigenvalue weighted by Crippen LogP contribution is 2.31. The Morgan fingerprint density at radius 1 is 0.912 bits per heavy atom. The second-order valence-electron chi connectivity index (χ2n) is 7.78. The van der Waals surface area contributed by atoms with Crippen LogP contribution in [0.2, 0.25) is 0 Å². The maximum Gasteiger partial charge on any atom is 0.270 e. The topological polar surface area (TPSA) is 92.4 Å². The Labute approximate surface area is 198 Å². The van der Waals surface area contributed by atoms with E-state index < -0.39 is 0 Å². The van der Waals surface area contributed by atoms with Gasteiger partial charge in [-0.25, -0.2) is 0 Å². The molecule has 0 fully saturated rings. The van der Waals surface area contributed by atoms with Crippen molar-refractivity contribution >= 4 is 28.4 Å². The summed E-state index contributed by atoms with van der Waals surface area (Å²) < 4.78 is 10.9. The van der Waals surface area contributed by atoms with Gasteiger partial charge in [-0.2, -0.15) is 0 Å². The molecular formula is C27H27N3O4. The predicted molar refractivity (Wildman–Crippen MR) is 133 cm³/mol. The second-order valence-corrected chi connectivity index (χ2v) is 7.78. The molecule has 7 nitrogen and oxygen atoms in total. The van der Waals surface area contributed by atoms with Gasteiger partial charge in [0.05, 0.1) is 19.4 Å². The molecule has 4 aromatic rings. The van der Waals surface area contributed by atoms with Crippen LogP contribution in [0.25, 0.3) is 10.9 Å². The van der Waals surface area contributed by atoms with Crippen LogP contribution >= 0.6 is 0 Å². The van der Waals surface area contributed by atoms with Crippen LogP contribution in [0, 0.1) is 0 Å². The first-order valence-corrected chi connectivity index (χ1v) is 11.1. The van der Waals surface area contributed by atoms with Gasteiger partial charge in [-0.05, 0) is 54.4 Å². The lowest BCUT2D eigenvalue weighted by atomic mass is 10.1. The summed E-state index contributed by atoms with van der Waals surface area (Å²) in [7, 11) is 1.57. The zero-order valence-corrected chi connectivity index (χ0v) is 19.2. The zero-order valence-electron chi connectivity index (χ0n) is 19.2. The molecule has 0 atom stereocenters. The van der Waals surface area contributed by atoms with E-state index in [1.165, 1.54) is 0 Å². The number of anilines is 1. The van der Waals surface area contributed by atoms with Gasteiger partial charge in [0, 0.05) is 23.0 Å². The molecule has 1 heterocycles. The van der Waals surface area contributed by atoms with Crippen LogP contribution in [-0.2, 0) is 6.54 Å². The van der Waals surface area contributed by atoms with E-state index in [0.29, 0.717) is 41.1 Å². The van der Waals surface area contributed by atoms with E-state index in [0.717, 1.165) is 17.7 Å². The van der Waals surface area contributed by atoms with Crippen LogP contribution in [0.3, 0.4) is 0 Å². The zero-order chi connectivity index (χ0) is 23.9. The van der Waals surface area contributed by atoms with Gasteiger partial charge < -0.3 is 25.1 Å². The fourth-order valence-corrected chi connectivity index (χ4v) is 3.57. The molecule has 3 N–H and O–H groups in total. The number of nitrogens with one attached hydrogen (secondary N) is 3. The van der Waals surface area contributed by atoms with Gasteiger partial charge >= 0.3 is 0 Å². The lowest BCUT2D eigenvalue weighted by Crippen LogP contribution is -2.25. The summed E-state index contributed by atoms with van der Waals surface area (Å²) in [5.74, 6) is 0.789. The average Bonchev–Trinajstić information content (AvgIpc) is 3.24. The lowest BCUT2D eigenvalue weighted by Gasteiger charge is -2.10. The van der Waals surface area contributed by atoms with Gasteiger partial charge in [0.15, 0.2) is 0 Å². The van der Waals surface area contributed by atoms with Crippen molar-refractivity contribution in [3.8, 4) is 11.5 Å². The molecule has 0 aliphatic heterocycles. The average molecular weight is 458 g/mol. The van der Waals surface area contributed by atoms with Crippen molar-refractivity contribution in [3.05, 3.63) is 89.6 Å². The van der Waals surface area contributed by atoms with Crippen LogP contribution in [0.15, 0.2) is 72.8 Å². The van der Waals surface area contributed by atoms with Crippen molar-refractivity contribution in [2.75, 3.05) is 19.0 Å². The number of rotatable bonds is 9. The summed E-state index contributed by atoms with van der Waals surface area (Å²) in [6, 6.07) is 21.9. The van der Waals surface area contributed by atoms with Gasteiger partial charge in [0.1, 0.15) is 17.2 Å². The summed E-state index contributed by atoms with van der Waals surface area (Å²) in [6.45, 7) is 3.05. The molecule has 3 aromatic carbocycles. The van der Waals surface area contributed by atoms with Crippen LogP contribution in [0.1, 0.15) is 39.8 Å². The standard InChI is InChI=1S/C27H27N3O4/c1-3-15-34-20-11-9-18(10-12-20)17-28-27(32)25-24(30-26(31)19-7-5-4-6-8-19)22-16-21(33-2)13-14-23(22)29-25/h4-14,16,29H,3,15,17H2,1-2H3,(H,28,32)(H,30,31). The van der Waals surface area contributed by atoms with Gasteiger partial charge in [0.25, 0.3) is 11.8 Å². The highest BCUT2D eigenvalue weighted by molar-refractivity contribution is 6.15. The minimum Gasteiger partial charge on any atom is -0.497 e. The van der Waals surface area contributed by atoms with E-state index in [2.05, 4.69) is 22.5 Å². The first kappa shape index (κ1) is 22.9. The normalized spacial score (nSPS) is 10.6. The Morgan fingerprint density at radius 2 is 1.65 bits per heavy atom. The van der Waals surface area contributed by atoms with E-state index in [-0.39, 0.29) is 17.5 Å². The van der Waals surface area contributed by atoms with Crippen LogP contribution in [0.4, 0.5) is 5.69 Å². The third-order valence-electron chi connectivity index (χ3n) is 5.36. The van der Waals surface area contributed by atoms with Gasteiger partial charge in [-0.1, -0.05) is 37.3 Å². The molecular weight excluding hydrogens is 430 g/mol. The number of aromatic nitrogens is 1. The first-order chi connectivity index (χ1) is 16.6. The van der Waals surface area contributed by atoms with Crippen LogP contribution in [0.5, 0.6) is 11.5 Å². The number of carbonyl (C=O) groups is 2. The molecule has 0 aliphatic rings. The SMILES string of the molecule is CCCOc1ccc(CNC(=O)c2[nH]c3ccc(OC)cc3c2NC(=O)c2ccccc2)cc1. The van der Waals surface area contributed by atoms with E-state index in [1.807, 2.05) is 36.4 Å². The number of amides is 2. The molecule has 2 amide bonds. The summed E-state index contributed by atoms with van der Waals surface area (Å²) in [4.78, 5) is 29.1. The molecule has 0 spiro atoms. The predicted octanol–water partition coefficient (Wildman–Crippen LogP) is 5.15. The quantitative estimate of drug-likeness (QED) is 0.324.